The largest absolute Gasteiger partial charge is 0.508 e. The van der Waals surface area contributed by atoms with Gasteiger partial charge in [0.05, 0.1) is 0 Å². The maximum atomic E-state index is 9.65. The summed E-state index contributed by atoms with van der Waals surface area (Å²) in [5.41, 5.74) is 0.863. The molecule has 2 nitrogen and oxygen atoms in total. The Balaban J connectivity index is 1.93. The Morgan fingerprint density at radius 1 is 1.38 bits per heavy atom. The molecule has 1 unspecified atom stereocenters. The van der Waals surface area contributed by atoms with Gasteiger partial charge in [0, 0.05) is 23.2 Å². The van der Waals surface area contributed by atoms with E-state index in [4.69, 9.17) is 11.6 Å². The maximum absolute atomic E-state index is 9.65. The van der Waals surface area contributed by atoms with Gasteiger partial charge >= 0.3 is 0 Å². The fourth-order valence-corrected chi connectivity index (χ4v) is 2.12. The first-order chi connectivity index (χ1) is 7.75. The van der Waals surface area contributed by atoms with Crippen molar-refractivity contribution in [1.82, 2.24) is 5.32 Å². The summed E-state index contributed by atoms with van der Waals surface area (Å²) in [6.45, 7) is 0.672. The Kier molecular flexibility index (Phi) is 3.86. The molecule has 0 saturated heterocycles. The van der Waals surface area contributed by atoms with Gasteiger partial charge in [0.15, 0.2) is 0 Å². The third-order valence-electron chi connectivity index (χ3n) is 2.89. The van der Waals surface area contributed by atoms with Crippen LogP contribution >= 0.6 is 11.6 Å². The predicted octanol–water partition coefficient (Wildman–Crippen LogP) is 3.24. The van der Waals surface area contributed by atoms with Crippen molar-refractivity contribution in [3.8, 4) is 5.75 Å². The normalized spacial score (nSPS) is 19.9. The minimum Gasteiger partial charge on any atom is -0.508 e. The molecule has 0 fully saturated rings. The topological polar surface area (TPSA) is 32.3 Å². The Labute approximate surface area is 101 Å². The fourth-order valence-electron chi connectivity index (χ4n) is 1.93. The van der Waals surface area contributed by atoms with Crippen LogP contribution in [0.1, 0.15) is 24.8 Å². The van der Waals surface area contributed by atoms with E-state index in [1.165, 1.54) is 0 Å². The van der Waals surface area contributed by atoms with Crippen LogP contribution in [0.5, 0.6) is 5.75 Å². The highest BCUT2D eigenvalue weighted by atomic mass is 35.5. The number of halogens is 1. The van der Waals surface area contributed by atoms with Crippen molar-refractivity contribution in [1.29, 1.82) is 0 Å². The van der Waals surface area contributed by atoms with E-state index in [2.05, 4.69) is 17.5 Å². The summed E-state index contributed by atoms with van der Waals surface area (Å²) >= 11 is 5.89. The number of benzene rings is 1. The first-order valence-electron chi connectivity index (χ1n) is 5.61. The van der Waals surface area contributed by atoms with Gasteiger partial charge in [-0.05, 0) is 37.5 Å². The van der Waals surface area contributed by atoms with E-state index in [-0.39, 0.29) is 0 Å². The summed E-state index contributed by atoms with van der Waals surface area (Å²) in [5, 5.41) is 13.8. The number of aromatic hydroxyl groups is 1. The highest BCUT2D eigenvalue weighted by molar-refractivity contribution is 6.30. The summed E-state index contributed by atoms with van der Waals surface area (Å²) in [7, 11) is 0. The molecule has 0 saturated carbocycles. The van der Waals surface area contributed by atoms with E-state index in [0.717, 1.165) is 24.8 Å². The minimum absolute atomic E-state index is 0.309. The van der Waals surface area contributed by atoms with Crippen LogP contribution in [0.15, 0.2) is 30.4 Å². The van der Waals surface area contributed by atoms with Crippen LogP contribution in [-0.4, -0.2) is 11.1 Å². The average molecular weight is 238 g/mol. The molecule has 86 valence electrons. The molecule has 0 heterocycles. The third-order valence-corrected chi connectivity index (χ3v) is 3.13. The van der Waals surface area contributed by atoms with Crippen molar-refractivity contribution in [3.05, 3.63) is 40.9 Å². The van der Waals surface area contributed by atoms with Crippen LogP contribution in [0.2, 0.25) is 5.02 Å². The second-order valence-electron chi connectivity index (χ2n) is 4.14. The molecule has 0 amide bonds. The molecule has 1 aromatic rings. The summed E-state index contributed by atoms with van der Waals surface area (Å²) in [5.74, 6) is 0.309. The number of allylic oxidation sites excluding steroid dienone is 1. The van der Waals surface area contributed by atoms with Crippen molar-refractivity contribution in [2.75, 3.05) is 0 Å². The van der Waals surface area contributed by atoms with Gasteiger partial charge in [0.25, 0.3) is 0 Å². The molecule has 1 aliphatic rings. The van der Waals surface area contributed by atoms with Crippen LogP contribution in [-0.2, 0) is 6.54 Å². The zero-order valence-electron chi connectivity index (χ0n) is 9.12. The average Bonchev–Trinajstić information content (AvgIpc) is 2.32. The smallest absolute Gasteiger partial charge is 0.120 e. The van der Waals surface area contributed by atoms with Gasteiger partial charge in [-0.15, -0.1) is 0 Å². The van der Waals surface area contributed by atoms with Crippen LogP contribution < -0.4 is 5.32 Å². The molecular weight excluding hydrogens is 222 g/mol. The first-order valence-corrected chi connectivity index (χ1v) is 5.99. The van der Waals surface area contributed by atoms with Crippen molar-refractivity contribution in [3.63, 3.8) is 0 Å². The molecule has 3 heteroatoms. The van der Waals surface area contributed by atoms with E-state index in [1.54, 1.807) is 12.1 Å². The van der Waals surface area contributed by atoms with Crippen molar-refractivity contribution < 1.29 is 5.11 Å². The Morgan fingerprint density at radius 2 is 2.25 bits per heavy atom. The van der Waals surface area contributed by atoms with Crippen molar-refractivity contribution in [2.45, 2.75) is 31.8 Å². The lowest BCUT2D eigenvalue weighted by Crippen LogP contribution is -2.29. The minimum atomic E-state index is 0.309. The van der Waals surface area contributed by atoms with Crippen LogP contribution in [0, 0.1) is 0 Å². The first kappa shape index (κ1) is 11.5. The van der Waals surface area contributed by atoms with Gasteiger partial charge in [-0.2, -0.15) is 0 Å². The molecule has 1 atom stereocenters. The van der Waals surface area contributed by atoms with E-state index in [0.29, 0.717) is 23.4 Å². The monoisotopic (exact) mass is 237 g/mol. The highest BCUT2D eigenvalue weighted by Crippen LogP contribution is 2.22. The predicted molar refractivity (Wildman–Crippen MR) is 66.7 cm³/mol. The molecule has 2 rings (SSSR count). The van der Waals surface area contributed by atoms with Crippen LogP contribution in [0.3, 0.4) is 0 Å². The van der Waals surface area contributed by atoms with E-state index in [9.17, 15) is 5.11 Å². The summed E-state index contributed by atoms with van der Waals surface area (Å²) < 4.78 is 0. The Bertz CT molecular complexity index is 390. The third kappa shape index (κ3) is 3.00. The zero-order valence-corrected chi connectivity index (χ0v) is 9.87. The van der Waals surface area contributed by atoms with Crippen molar-refractivity contribution in [2.24, 2.45) is 0 Å². The highest BCUT2D eigenvalue weighted by Gasteiger charge is 2.10. The van der Waals surface area contributed by atoms with Gasteiger partial charge in [-0.3, -0.25) is 0 Å². The number of phenols is 1. The maximum Gasteiger partial charge on any atom is 0.120 e. The molecule has 0 aromatic heterocycles. The summed E-state index contributed by atoms with van der Waals surface area (Å²) in [6.07, 6.45) is 7.80. The number of phenolic OH excluding ortho intramolecular Hbond substituents is 1. The molecule has 16 heavy (non-hydrogen) atoms. The lowest BCUT2D eigenvalue weighted by molar-refractivity contribution is 0.444. The fraction of sp³-hybridized carbons (Fsp3) is 0.385. The van der Waals surface area contributed by atoms with E-state index < -0.39 is 0 Å². The van der Waals surface area contributed by atoms with E-state index >= 15 is 0 Å². The van der Waals surface area contributed by atoms with Gasteiger partial charge in [-0.25, -0.2) is 0 Å². The van der Waals surface area contributed by atoms with E-state index in [1.807, 2.05) is 6.07 Å². The SMILES string of the molecule is Oc1ccc(Cl)cc1CNC1CC=CCC1. The summed E-state index contributed by atoms with van der Waals surface area (Å²) in [4.78, 5) is 0. The van der Waals surface area contributed by atoms with Crippen LogP contribution in [0.25, 0.3) is 0 Å². The summed E-state index contributed by atoms with van der Waals surface area (Å²) in [6, 6.07) is 5.66. The Hall–Kier alpha value is -0.990. The molecule has 0 spiro atoms. The molecule has 1 aromatic carbocycles. The van der Waals surface area contributed by atoms with Gasteiger partial charge in [0.2, 0.25) is 0 Å². The number of hydrogen-bond acceptors (Lipinski definition) is 2. The molecular formula is C13H16ClNO. The molecule has 1 aliphatic carbocycles. The van der Waals surface area contributed by atoms with Crippen molar-refractivity contribution >= 4 is 11.6 Å². The van der Waals surface area contributed by atoms with Gasteiger partial charge in [0.1, 0.15) is 5.75 Å². The number of nitrogens with one attached hydrogen (secondary N) is 1. The molecule has 0 radical (unpaired) electrons. The quantitative estimate of drug-likeness (QED) is 0.791. The molecule has 2 N–H and O–H groups in total. The molecule has 0 bridgehead atoms. The standard InChI is InChI=1S/C13H16ClNO/c14-11-6-7-13(16)10(8-11)9-15-12-4-2-1-3-5-12/h1-2,6-8,12,15-16H,3-5,9H2. The Morgan fingerprint density at radius 3 is 3.00 bits per heavy atom. The number of rotatable bonds is 3. The zero-order chi connectivity index (χ0) is 11.4. The lowest BCUT2D eigenvalue weighted by Gasteiger charge is -2.19. The van der Waals surface area contributed by atoms with Gasteiger partial charge < -0.3 is 10.4 Å². The van der Waals surface area contributed by atoms with Gasteiger partial charge in [-0.1, -0.05) is 23.8 Å². The van der Waals surface area contributed by atoms with Crippen LogP contribution in [0.4, 0.5) is 0 Å². The second-order valence-corrected chi connectivity index (χ2v) is 4.57. The second kappa shape index (κ2) is 5.37. The number of hydrogen-bond donors (Lipinski definition) is 2. The molecule has 0 aliphatic heterocycles. The lowest BCUT2D eigenvalue weighted by atomic mass is 10.0.